The predicted octanol–water partition coefficient (Wildman–Crippen LogP) is 3.80. The van der Waals surface area contributed by atoms with Crippen LogP contribution in [0.4, 0.5) is 0 Å². The van der Waals surface area contributed by atoms with Gasteiger partial charge >= 0.3 is 11.9 Å². The summed E-state index contributed by atoms with van der Waals surface area (Å²) in [4.78, 5) is 40.1. The fourth-order valence-corrected chi connectivity index (χ4v) is 5.55. The number of esters is 2. The number of hydrogen-bond acceptors (Lipinski definition) is 8. The van der Waals surface area contributed by atoms with Crippen LogP contribution in [0, 0.1) is 11.8 Å². The molecule has 3 aliphatic rings. The fourth-order valence-electron chi connectivity index (χ4n) is 5.55. The molecule has 0 unspecified atom stereocenters. The summed E-state index contributed by atoms with van der Waals surface area (Å²) < 4.78 is 22.0. The molecule has 0 radical (unpaired) electrons. The van der Waals surface area contributed by atoms with E-state index in [0.717, 1.165) is 25.7 Å². The largest absolute Gasteiger partial charge is 0.497 e. The minimum Gasteiger partial charge on any atom is -0.497 e. The number of carbonyl (C=O) groups is 3. The van der Waals surface area contributed by atoms with Crippen molar-refractivity contribution in [1.82, 2.24) is 5.32 Å². The lowest BCUT2D eigenvalue weighted by Crippen LogP contribution is -2.43. The molecular weight excluding hydrogens is 450 g/mol. The molecule has 0 amide bonds. The van der Waals surface area contributed by atoms with E-state index in [-0.39, 0.29) is 17.8 Å². The van der Waals surface area contributed by atoms with Crippen LogP contribution >= 0.6 is 0 Å². The molecule has 1 saturated carbocycles. The minimum absolute atomic E-state index is 0.143. The summed E-state index contributed by atoms with van der Waals surface area (Å²) in [6, 6.07) is 5.28. The van der Waals surface area contributed by atoms with Crippen molar-refractivity contribution in [1.29, 1.82) is 0 Å². The maximum absolute atomic E-state index is 13.9. The van der Waals surface area contributed by atoms with Gasteiger partial charge in [0.1, 0.15) is 23.5 Å². The number of Topliss-reactive ketones (excluding diaryl/α,β-unsaturated/α-hetero) is 1. The van der Waals surface area contributed by atoms with Crippen molar-refractivity contribution in [2.75, 3.05) is 21.3 Å². The SMILES string of the molecule is COC(=O)[C@H]1C(=O)C2=C(C[C@H]1C)NC(C)=C(C(=O)OC1CCCC1)[C@H]2c1cc(OC)ccc1OC. The molecule has 3 atom stereocenters. The third-order valence-electron chi connectivity index (χ3n) is 7.29. The third-order valence-corrected chi connectivity index (χ3v) is 7.29. The van der Waals surface area contributed by atoms with Crippen LogP contribution in [0.5, 0.6) is 11.5 Å². The molecule has 0 spiro atoms. The minimum atomic E-state index is -0.954. The van der Waals surface area contributed by atoms with Gasteiger partial charge in [-0.05, 0) is 63.1 Å². The monoisotopic (exact) mass is 483 g/mol. The molecule has 8 heteroatoms. The molecule has 1 aromatic carbocycles. The van der Waals surface area contributed by atoms with Gasteiger partial charge < -0.3 is 24.3 Å². The van der Waals surface area contributed by atoms with Crippen molar-refractivity contribution < 1.29 is 33.3 Å². The quantitative estimate of drug-likeness (QED) is 0.482. The molecule has 1 N–H and O–H groups in total. The van der Waals surface area contributed by atoms with Crippen LogP contribution in [0.1, 0.15) is 57.4 Å². The van der Waals surface area contributed by atoms with E-state index in [4.69, 9.17) is 18.9 Å². The van der Waals surface area contributed by atoms with Gasteiger partial charge in [0, 0.05) is 22.5 Å². The van der Waals surface area contributed by atoms with Crippen molar-refractivity contribution in [2.24, 2.45) is 11.8 Å². The molecule has 1 fully saturated rings. The second kappa shape index (κ2) is 10.1. The van der Waals surface area contributed by atoms with Crippen molar-refractivity contribution in [3.05, 3.63) is 46.3 Å². The maximum atomic E-state index is 13.9. The normalized spacial score (nSPS) is 24.6. The van der Waals surface area contributed by atoms with Gasteiger partial charge in [0.15, 0.2) is 5.78 Å². The zero-order chi connectivity index (χ0) is 25.3. The second-order valence-corrected chi connectivity index (χ2v) is 9.46. The van der Waals surface area contributed by atoms with Crippen molar-refractivity contribution in [2.45, 2.75) is 58.0 Å². The number of carbonyl (C=O) groups excluding carboxylic acids is 3. The van der Waals surface area contributed by atoms with Crippen LogP contribution < -0.4 is 14.8 Å². The van der Waals surface area contributed by atoms with Crippen molar-refractivity contribution in [3.8, 4) is 11.5 Å². The van der Waals surface area contributed by atoms with Gasteiger partial charge in [-0.3, -0.25) is 9.59 Å². The summed E-state index contributed by atoms with van der Waals surface area (Å²) in [5, 5.41) is 3.29. The Bertz CT molecular complexity index is 1100. The van der Waals surface area contributed by atoms with Gasteiger partial charge in [0.25, 0.3) is 0 Å². The van der Waals surface area contributed by atoms with E-state index in [9.17, 15) is 14.4 Å². The molecular formula is C27H33NO7. The number of ketones is 1. The van der Waals surface area contributed by atoms with Crippen LogP contribution in [-0.4, -0.2) is 45.2 Å². The van der Waals surface area contributed by atoms with Crippen LogP contribution in [0.2, 0.25) is 0 Å². The van der Waals surface area contributed by atoms with E-state index < -0.39 is 23.8 Å². The highest BCUT2D eigenvalue weighted by atomic mass is 16.5. The number of allylic oxidation sites excluding steroid dienone is 3. The topological polar surface area (TPSA) is 100 Å². The average Bonchev–Trinajstić information content (AvgIpc) is 3.35. The molecule has 1 aliphatic heterocycles. The van der Waals surface area contributed by atoms with Crippen LogP contribution in [-0.2, 0) is 23.9 Å². The van der Waals surface area contributed by atoms with Gasteiger partial charge in [0.05, 0.1) is 32.8 Å². The number of methoxy groups -OCH3 is 3. The standard InChI is InChI=1S/C27H33NO7/c1-14-12-19-24(25(29)21(14)26(30)34-5)23(18-13-17(32-3)10-11-20(18)33-4)22(15(2)28-19)27(31)35-16-8-6-7-9-16/h10-11,13-14,16,21,23,28H,6-9,12H2,1-5H3/t14-,21-,23-/m1/s1. The molecule has 2 aliphatic carbocycles. The van der Waals surface area contributed by atoms with Crippen molar-refractivity contribution >= 4 is 17.7 Å². The number of ether oxygens (including phenoxy) is 4. The molecule has 8 nitrogen and oxygen atoms in total. The number of dihydropyridines is 1. The Morgan fingerprint density at radius 1 is 1.06 bits per heavy atom. The number of hydrogen-bond donors (Lipinski definition) is 1. The lowest BCUT2D eigenvalue weighted by Gasteiger charge is -2.38. The number of benzene rings is 1. The third kappa shape index (κ3) is 4.54. The van der Waals surface area contributed by atoms with E-state index >= 15 is 0 Å². The van der Waals surface area contributed by atoms with Crippen LogP contribution in [0.25, 0.3) is 0 Å². The van der Waals surface area contributed by atoms with Gasteiger partial charge in [-0.25, -0.2) is 4.79 Å². The zero-order valence-electron chi connectivity index (χ0n) is 20.9. The van der Waals surface area contributed by atoms with Crippen molar-refractivity contribution in [3.63, 3.8) is 0 Å². The molecule has 1 heterocycles. The molecule has 1 aromatic rings. The first-order valence-corrected chi connectivity index (χ1v) is 12.1. The smallest absolute Gasteiger partial charge is 0.337 e. The Hall–Kier alpha value is -3.29. The van der Waals surface area contributed by atoms with Crippen LogP contribution in [0.3, 0.4) is 0 Å². The Balaban J connectivity index is 1.88. The van der Waals surface area contributed by atoms with Gasteiger partial charge in [-0.2, -0.15) is 0 Å². The Labute approximate surface area is 205 Å². The molecule has 0 aromatic heterocycles. The first-order chi connectivity index (χ1) is 16.8. The van der Waals surface area contributed by atoms with E-state index in [1.165, 1.54) is 14.2 Å². The molecule has 35 heavy (non-hydrogen) atoms. The van der Waals surface area contributed by atoms with E-state index in [1.54, 1.807) is 25.3 Å². The lowest BCUT2D eigenvalue weighted by molar-refractivity contribution is -0.151. The summed E-state index contributed by atoms with van der Waals surface area (Å²) in [6.07, 6.45) is 4.02. The fraction of sp³-hybridized carbons (Fsp3) is 0.519. The first-order valence-electron chi connectivity index (χ1n) is 12.1. The summed E-state index contributed by atoms with van der Waals surface area (Å²) in [5.41, 5.74) is 2.64. The number of rotatable bonds is 6. The summed E-state index contributed by atoms with van der Waals surface area (Å²) in [5.74, 6) is -2.33. The average molecular weight is 484 g/mol. The highest BCUT2D eigenvalue weighted by molar-refractivity contribution is 6.12. The second-order valence-electron chi connectivity index (χ2n) is 9.46. The highest BCUT2D eigenvalue weighted by Gasteiger charge is 2.48. The van der Waals surface area contributed by atoms with Gasteiger partial charge in [-0.15, -0.1) is 0 Å². The van der Waals surface area contributed by atoms with Gasteiger partial charge in [0.2, 0.25) is 0 Å². The van der Waals surface area contributed by atoms with E-state index in [1.807, 2.05) is 13.8 Å². The Kier molecular flexibility index (Phi) is 7.19. The van der Waals surface area contributed by atoms with Crippen LogP contribution in [0.15, 0.2) is 40.7 Å². The molecule has 0 bridgehead atoms. The van der Waals surface area contributed by atoms with E-state index in [0.29, 0.717) is 46.0 Å². The Morgan fingerprint density at radius 2 is 1.77 bits per heavy atom. The number of nitrogens with one attached hydrogen (secondary N) is 1. The van der Waals surface area contributed by atoms with Gasteiger partial charge in [-0.1, -0.05) is 6.92 Å². The zero-order valence-corrected chi connectivity index (χ0v) is 20.9. The summed E-state index contributed by atoms with van der Waals surface area (Å²) in [6.45, 7) is 3.67. The molecule has 0 saturated heterocycles. The maximum Gasteiger partial charge on any atom is 0.337 e. The highest BCUT2D eigenvalue weighted by Crippen LogP contribution is 2.48. The predicted molar refractivity (Wildman–Crippen MR) is 128 cm³/mol. The van der Waals surface area contributed by atoms with E-state index in [2.05, 4.69) is 5.32 Å². The molecule has 4 rings (SSSR count). The summed E-state index contributed by atoms with van der Waals surface area (Å²) in [7, 11) is 4.37. The summed E-state index contributed by atoms with van der Waals surface area (Å²) >= 11 is 0. The Morgan fingerprint density at radius 3 is 2.40 bits per heavy atom. The first kappa shape index (κ1) is 24.8. The molecule has 188 valence electrons. The lowest BCUT2D eigenvalue weighted by atomic mass is 9.69.